The molecule has 1 spiro atoms. The first kappa shape index (κ1) is 31.1. The molecule has 242 valence electrons. The average molecular weight is 651 g/mol. The minimum atomic E-state index is -2.88. The van der Waals surface area contributed by atoms with Crippen molar-refractivity contribution >= 4 is 30.7 Å². The Balaban J connectivity index is 1.22. The van der Waals surface area contributed by atoms with Gasteiger partial charge in [-0.2, -0.15) is 9.78 Å². The number of hydrogen-bond acceptors (Lipinski definition) is 8. The summed E-state index contributed by atoms with van der Waals surface area (Å²) in [5, 5.41) is 24.6. The maximum absolute atomic E-state index is 14.2. The number of aliphatic hydroxyl groups is 1. The highest BCUT2D eigenvalue weighted by molar-refractivity contribution is 6.71. The molecule has 1 amide bonds. The fraction of sp³-hybridized carbons (Fsp3) is 0.343. The van der Waals surface area contributed by atoms with Gasteiger partial charge in [0.1, 0.15) is 0 Å². The third-order valence-corrected chi connectivity index (χ3v) is 12.5. The summed E-state index contributed by atoms with van der Waals surface area (Å²) < 4.78 is 9.99. The Bertz CT molecular complexity index is 2020. The Morgan fingerprint density at radius 2 is 1.79 bits per heavy atom. The molecule has 0 radical (unpaired) electrons. The van der Waals surface area contributed by atoms with Gasteiger partial charge in [0, 0.05) is 42.2 Å². The van der Waals surface area contributed by atoms with E-state index in [9.17, 15) is 19.5 Å². The highest BCUT2D eigenvalue weighted by atomic mass is 28.4. The highest BCUT2D eigenvalue weighted by Gasteiger charge is 2.65. The monoisotopic (exact) mass is 650 g/mol. The van der Waals surface area contributed by atoms with E-state index >= 15 is 0 Å². The molecular formula is C35H38N6O5Si. The molecule has 0 saturated carbocycles. The van der Waals surface area contributed by atoms with Crippen LogP contribution in [-0.2, 0) is 21.7 Å². The molecule has 4 heterocycles. The van der Waals surface area contributed by atoms with Crippen molar-refractivity contribution in [3.05, 3.63) is 112 Å². The molecule has 5 aromatic rings. The van der Waals surface area contributed by atoms with Gasteiger partial charge in [-0.3, -0.25) is 14.3 Å². The largest absolute Gasteiger partial charge is 0.432 e. The Morgan fingerprint density at radius 3 is 2.53 bits per heavy atom. The highest BCUT2D eigenvalue weighted by Crippen LogP contribution is 2.59. The lowest BCUT2D eigenvalue weighted by molar-refractivity contribution is -0.145. The number of hydrogen-bond donors (Lipinski definition) is 2. The predicted octanol–water partition coefficient (Wildman–Crippen LogP) is 3.97. The quantitative estimate of drug-likeness (QED) is 0.241. The van der Waals surface area contributed by atoms with Gasteiger partial charge >= 0.3 is 0 Å². The SMILES string of the molecule is C[C@H]1[C@H]([Si](C)(C)O)[C@@H](CCn2cc(C(CO)c3ccccc3)nn2)O[C@]12C(=O)N(C)c1ccc(-n3ncc4ccccc4c3=O)cc12. The van der Waals surface area contributed by atoms with E-state index in [-0.39, 0.29) is 35.5 Å². The van der Waals surface area contributed by atoms with Gasteiger partial charge in [-0.1, -0.05) is 60.7 Å². The fourth-order valence-corrected chi connectivity index (χ4v) is 10.3. The lowest BCUT2D eigenvalue weighted by atomic mass is 9.82. The van der Waals surface area contributed by atoms with Crippen molar-refractivity contribution in [1.82, 2.24) is 24.8 Å². The zero-order valence-electron chi connectivity index (χ0n) is 26.8. The van der Waals surface area contributed by atoms with Crippen molar-refractivity contribution in [3.63, 3.8) is 0 Å². The van der Waals surface area contributed by atoms with Crippen LogP contribution < -0.4 is 10.5 Å². The Labute approximate surface area is 273 Å². The number of amides is 1. The predicted molar refractivity (Wildman–Crippen MR) is 180 cm³/mol. The van der Waals surface area contributed by atoms with Crippen molar-refractivity contribution in [2.45, 2.75) is 56.1 Å². The first-order chi connectivity index (χ1) is 22.5. The van der Waals surface area contributed by atoms with Crippen LogP contribution in [0.3, 0.4) is 0 Å². The van der Waals surface area contributed by atoms with Crippen molar-refractivity contribution < 1.29 is 19.4 Å². The summed E-state index contributed by atoms with van der Waals surface area (Å²) in [6.07, 6.45) is 3.54. The fourth-order valence-electron chi connectivity index (χ4n) is 7.74. The van der Waals surface area contributed by atoms with Crippen LogP contribution in [-0.4, -0.2) is 68.7 Å². The number of aromatic nitrogens is 5. The van der Waals surface area contributed by atoms with Gasteiger partial charge in [0.15, 0.2) is 13.9 Å². The topological polar surface area (TPSA) is 136 Å². The number of ether oxygens (including phenoxy) is 1. The van der Waals surface area contributed by atoms with Crippen LogP contribution in [0.5, 0.6) is 0 Å². The van der Waals surface area contributed by atoms with Crippen LogP contribution in [0.1, 0.15) is 36.1 Å². The molecule has 2 aromatic heterocycles. The van der Waals surface area contributed by atoms with Gasteiger partial charge < -0.3 is 19.5 Å². The number of aryl methyl sites for hydroxylation is 1. The number of benzene rings is 3. The Kier molecular flexibility index (Phi) is 7.70. The van der Waals surface area contributed by atoms with Crippen LogP contribution in [0.2, 0.25) is 18.6 Å². The molecule has 1 saturated heterocycles. The summed E-state index contributed by atoms with van der Waals surface area (Å²) in [5.41, 5.74) is 1.65. The molecule has 2 aliphatic rings. The molecule has 0 bridgehead atoms. The number of likely N-dealkylation sites (N-methyl/N-ethyl adjacent to an activating group) is 1. The maximum Gasteiger partial charge on any atom is 0.279 e. The van der Waals surface area contributed by atoms with Gasteiger partial charge in [-0.05, 0) is 49.3 Å². The van der Waals surface area contributed by atoms with Gasteiger partial charge in [0.2, 0.25) is 0 Å². The molecule has 2 aliphatic heterocycles. The first-order valence-electron chi connectivity index (χ1n) is 15.9. The molecule has 12 heteroatoms. The first-order valence-corrected chi connectivity index (χ1v) is 18.9. The summed E-state index contributed by atoms with van der Waals surface area (Å²) in [4.78, 5) is 40.9. The van der Waals surface area contributed by atoms with Gasteiger partial charge in [0.25, 0.3) is 11.5 Å². The van der Waals surface area contributed by atoms with Crippen molar-refractivity contribution in [2.24, 2.45) is 5.92 Å². The lowest BCUT2D eigenvalue weighted by Crippen LogP contribution is -2.45. The summed E-state index contributed by atoms with van der Waals surface area (Å²) >= 11 is 0. The molecule has 2 N–H and O–H groups in total. The van der Waals surface area contributed by atoms with E-state index in [1.165, 1.54) is 4.68 Å². The second kappa shape index (κ2) is 11.6. The van der Waals surface area contributed by atoms with Crippen molar-refractivity contribution in [1.29, 1.82) is 0 Å². The van der Waals surface area contributed by atoms with E-state index in [1.54, 1.807) is 35.0 Å². The van der Waals surface area contributed by atoms with Crippen molar-refractivity contribution in [2.75, 3.05) is 18.6 Å². The molecule has 0 aliphatic carbocycles. The van der Waals surface area contributed by atoms with Gasteiger partial charge in [-0.25, -0.2) is 0 Å². The molecule has 5 atom stereocenters. The summed E-state index contributed by atoms with van der Waals surface area (Å²) in [6.45, 7) is 6.12. The van der Waals surface area contributed by atoms with Crippen LogP contribution >= 0.6 is 0 Å². The maximum atomic E-state index is 14.2. The number of nitrogens with zero attached hydrogens (tertiary/aromatic N) is 6. The third kappa shape index (κ3) is 5.03. The Hall–Kier alpha value is -4.49. The third-order valence-electron chi connectivity index (χ3n) is 9.98. The van der Waals surface area contributed by atoms with Crippen LogP contribution in [0.15, 0.2) is 90.0 Å². The normalized spacial score (nSPS) is 23.1. The van der Waals surface area contributed by atoms with Crippen LogP contribution in [0.4, 0.5) is 5.69 Å². The summed E-state index contributed by atoms with van der Waals surface area (Å²) in [5.74, 6) is -0.845. The number of fused-ring (bicyclic) bond motifs is 3. The van der Waals surface area contributed by atoms with E-state index in [4.69, 9.17) is 4.74 Å². The average Bonchev–Trinajstić information content (AvgIpc) is 3.71. The lowest BCUT2D eigenvalue weighted by Gasteiger charge is -2.32. The van der Waals surface area contributed by atoms with Gasteiger partial charge in [-0.15, -0.1) is 5.10 Å². The smallest absolute Gasteiger partial charge is 0.279 e. The standard InChI is InChI=1S/C35H38N6O5Si/c1-22-32(47(3,4)45)31(16-17-40-20-29(37-38-40)27(21-42)23-10-6-5-7-11-23)46-35(22)28-18-25(14-15-30(28)39(2)34(35)44)41-33(43)26-13-9-8-12-24(26)19-36-41/h5-15,18-20,22,27,31-32,42,45H,16-17,21H2,1-4H3/t22-,27?,31+,32-,35+/m0/s1. The molecular weight excluding hydrogens is 613 g/mol. The second-order valence-electron chi connectivity index (χ2n) is 13.2. The zero-order chi connectivity index (χ0) is 33.1. The number of aliphatic hydroxyl groups excluding tert-OH is 1. The van der Waals surface area contributed by atoms with Crippen molar-refractivity contribution in [3.8, 4) is 5.69 Å². The van der Waals surface area contributed by atoms with E-state index in [0.717, 1.165) is 10.9 Å². The van der Waals surface area contributed by atoms with Crippen LogP contribution in [0.25, 0.3) is 16.5 Å². The number of carbonyl (C=O) groups is 1. The minimum absolute atomic E-state index is 0.0985. The van der Waals surface area contributed by atoms with E-state index in [1.807, 2.05) is 86.9 Å². The van der Waals surface area contributed by atoms with Crippen LogP contribution in [0, 0.1) is 5.92 Å². The zero-order valence-corrected chi connectivity index (χ0v) is 27.8. The summed E-state index contributed by atoms with van der Waals surface area (Å²) in [7, 11) is -1.14. The number of carbonyl (C=O) groups excluding carboxylic acids is 1. The Morgan fingerprint density at radius 1 is 1.04 bits per heavy atom. The minimum Gasteiger partial charge on any atom is -0.432 e. The number of anilines is 1. The van der Waals surface area contributed by atoms with E-state index in [2.05, 4.69) is 15.4 Å². The molecule has 1 fully saturated rings. The van der Waals surface area contributed by atoms with Gasteiger partial charge in [0.05, 0.1) is 47.3 Å². The second-order valence-corrected chi connectivity index (χ2v) is 17.2. The molecule has 11 nitrogen and oxygen atoms in total. The molecule has 3 aromatic carbocycles. The van der Waals surface area contributed by atoms with E-state index < -0.39 is 20.0 Å². The number of rotatable bonds is 8. The van der Waals surface area contributed by atoms with E-state index in [0.29, 0.717) is 41.0 Å². The molecule has 7 rings (SSSR count). The summed E-state index contributed by atoms with van der Waals surface area (Å²) in [6, 6.07) is 22.5. The molecule has 1 unspecified atom stereocenters. The molecule has 47 heavy (non-hydrogen) atoms.